The van der Waals surface area contributed by atoms with Gasteiger partial charge in [-0.2, -0.15) is 13.2 Å². The number of likely N-dealkylation sites (N-methyl/N-ethyl adjacent to an activating group) is 1. The van der Waals surface area contributed by atoms with Crippen LogP contribution in [0.5, 0.6) is 5.75 Å². The fourth-order valence-corrected chi connectivity index (χ4v) is 3.36. The Morgan fingerprint density at radius 3 is 2.35 bits per heavy atom. The summed E-state index contributed by atoms with van der Waals surface area (Å²) >= 11 is 0. The van der Waals surface area contributed by atoms with Crippen molar-refractivity contribution in [3.8, 4) is 5.75 Å². The normalized spacial score (nSPS) is 11.6. The molecule has 0 aliphatic rings. The van der Waals surface area contributed by atoms with Crippen molar-refractivity contribution in [2.75, 3.05) is 25.0 Å². The number of carbonyl (C=O) groups is 2. The molecule has 0 saturated heterocycles. The van der Waals surface area contributed by atoms with Gasteiger partial charge in [0.25, 0.3) is 11.8 Å². The summed E-state index contributed by atoms with van der Waals surface area (Å²) in [5.41, 5.74) is 0.297. The number of benzene rings is 2. The Morgan fingerprint density at radius 2 is 1.74 bits per heavy atom. The van der Waals surface area contributed by atoms with Crippen molar-refractivity contribution >= 4 is 27.5 Å². The summed E-state index contributed by atoms with van der Waals surface area (Å²) in [6, 6.07) is 10.7. The van der Waals surface area contributed by atoms with E-state index in [1.54, 1.807) is 6.92 Å². The van der Waals surface area contributed by atoms with E-state index in [9.17, 15) is 31.2 Å². The SMILES string of the molecule is CCNC(=O)COc1ccc(NC(=O)c2cccc(S(=O)(=O)NCC(F)(F)F)c2)cc1. The molecule has 2 rings (SSSR count). The van der Waals surface area contributed by atoms with E-state index in [0.29, 0.717) is 18.0 Å². The summed E-state index contributed by atoms with van der Waals surface area (Å²) in [5, 5.41) is 5.11. The summed E-state index contributed by atoms with van der Waals surface area (Å²) < 4.78 is 67.6. The van der Waals surface area contributed by atoms with Crippen molar-refractivity contribution in [1.82, 2.24) is 10.0 Å². The molecule has 0 saturated carbocycles. The molecule has 31 heavy (non-hydrogen) atoms. The zero-order valence-electron chi connectivity index (χ0n) is 16.3. The monoisotopic (exact) mass is 459 g/mol. The van der Waals surface area contributed by atoms with E-state index in [1.807, 2.05) is 0 Å². The lowest BCUT2D eigenvalue weighted by Gasteiger charge is -2.11. The van der Waals surface area contributed by atoms with Crippen molar-refractivity contribution in [1.29, 1.82) is 0 Å². The molecule has 0 spiro atoms. The highest BCUT2D eigenvalue weighted by atomic mass is 32.2. The third kappa shape index (κ3) is 7.90. The first-order chi connectivity index (χ1) is 14.5. The minimum Gasteiger partial charge on any atom is -0.484 e. The Bertz CT molecular complexity index is 1020. The van der Waals surface area contributed by atoms with Crippen LogP contribution in [0.1, 0.15) is 17.3 Å². The van der Waals surface area contributed by atoms with Crippen LogP contribution in [0.25, 0.3) is 0 Å². The Labute approximate surface area is 176 Å². The molecule has 0 aliphatic heterocycles. The maximum atomic E-state index is 12.4. The highest BCUT2D eigenvalue weighted by molar-refractivity contribution is 7.89. The van der Waals surface area contributed by atoms with Gasteiger partial charge in [0.05, 0.1) is 4.90 Å². The van der Waals surface area contributed by atoms with Crippen LogP contribution < -0.4 is 20.1 Å². The number of anilines is 1. The van der Waals surface area contributed by atoms with E-state index in [1.165, 1.54) is 41.1 Å². The molecule has 0 unspecified atom stereocenters. The van der Waals surface area contributed by atoms with Crippen LogP contribution in [0.15, 0.2) is 53.4 Å². The maximum absolute atomic E-state index is 12.4. The molecule has 0 aliphatic carbocycles. The van der Waals surface area contributed by atoms with Gasteiger partial charge in [-0.1, -0.05) is 6.07 Å². The molecule has 168 valence electrons. The molecule has 3 N–H and O–H groups in total. The first kappa shape index (κ1) is 24.2. The summed E-state index contributed by atoms with van der Waals surface area (Å²) in [5.74, 6) is -0.545. The molecular formula is C19H20F3N3O5S. The molecule has 2 aromatic rings. The molecule has 0 radical (unpaired) electrons. The van der Waals surface area contributed by atoms with Gasteiger partial charge in [0, 0.05) is 17.8 Å². The maximum Gasteiger partial charge on any atom is 0.402 e. The van der Waals surface area contributed by atoms with Crippen LogP contribution in [-0.2, 0) is 14.8 Å². The quantitative estimate of drug-likeness (QED) is 0.533. The van der Waals surface area contributed by atoms with Crippen molar-refractivity contribution < 1.29 is 35.9 Å². The molecule has 0 atom stereocenters. The fourth-order valence-electron chi connectivity index (χ4n) is 2.30. The minimum atomic E-state index is -4.71. The number of rotatable bonds is 9. The van der Waals surface area contributed by atoms with Crippen LogP contribution >= 0.6 is 0 Å². The summed E-state index contributed by atoms with van der Waals surface area (Å²) in [4.78, 5) is 23.3. The van der Waals surface area contributed by atoms with Gasteiger partial charge in [0.15, 0.2) is 6.61 Å². The summed E-state index contributed by atoms with van der Waals surface area (Å²) in [7, 11) is -4.44. The van der Waals surface area contributed by atoms with Gasteiger partial charge >= 0.3 is 6.18 Å². The summed E-state index contributed by atoms with van der Waals surface area (Å²) in [6.45, 7) is 0.372. The zero-order chi connectivity index (χ0) is 23.1. The number of sulfonamides is 1. The second-order valence-corrected chi connectivity index (χ2v) is 7.96. The van der Waals surface area contributed by atoms with E-state index < -0.39 is 33.5 Å². The number of alkyl halides is 3. The predicted octanol–water partition coefficient (Wildman–Crippen LogP) is 2.29. The number of nitrogens with one attached hydrogen (secondary N) is 3. The number of halogens is 3. The fraction of sp³-hybridized carbons (Fsp3) is 0.263. The van der Waals surface area contributed by atoms with E-state index in [0.717, 1.165) is 12.1 Å². The molecule has 0 aromatic heterocycles. The van der Waals surface area contributed by atoms with Gasteiger partial charge in [0.2, 0.25) is 10.0 Å². The molecule has 2 amide bonds. The van der Waals surface area contributed by atoms with E-state index in [2.05, 4.69) is 10.6 Å². The van der Waals surface area contributed by atoms with Crippen molar-refractivity contribution in [3.05, 3.63) is 54.1 Å². The van der Waals surface area contributed by atoms with E-state index >= 15 is 0 Å². The molecule has 8 nitrogen and oxygen atoms in total. The number of hydrogen-bond donors (Lipinski definition) is 3. The second-order valence-electron chi connectivity index (χ2n) is 6.19. The number of carbonyl (C=O) groups excluding carboxylic acids is 2. The number of hydrogen-bond acceptors (Lipinski definition) is 5. The Kier molecular flexibility index (Phi) is 8.00. The zero-order valence-corrected chi connectivity index (χ0v) is 17.1. The lowest BCUT2D eigenvalue weighted by molar-refractivity contribution is -0.123. The van der Waals surface area contributed by atoms with Gasteiger partial charge in [-0.15, -0.1) is 0 Å². The largest absolute Gasteiger partial charge is 0.484 e. The molecule has 12 heteroatoms. The smallest absolute Gasteiger partial charge is 0.402 e. The van der Waals surface area contributed by atoms with Crippen LogP contribution in [0.4, 0.5) is 18.9 Å². The van der Waals surface area contributed by atoms with E-state index in [-0.39, 0.29) is 18.1 Å². The molecule has 0 bridgehead atoms. The predicted molar refractivity (Wildman–Crippen MR) is 106 cm³/mol. The molecule has 2 aromatic carbocycles. The van der Waals surface area contributed by atoms with E-state index in [4.69, 9.17) is 4.74 Å². The topological polar surface area (TPSA) is 114 Å². The second kappa shape index (κ2) is 10.3. The third-order valence-electron chi connectivity index (χ3n) is 3.73. The van der Waals surface area contributed by atoms with Crippen LogP contribution in [0, 0.1) is 0 Å². The number of ether oxygens (including phenoxy) is 1. The van der Waals surface area contributed by atoms with Crippen LogP contribution in [-0.4, -0.2) is 46.1 Å². The Hall–Kier alpha value is -3.12. The van der Waals surface area contributed by atoms with Crippen molar-refractivity contribution in [2.24, 2.45) is 0 Å². The average molecular weight is 459 g/mol. The molecule has 0 heterocycles. The van der Waals surface area contributed by atoms with Crippen molar-refractivity contribution in [3.63, 3.8) is 0 Å². The van der Waals surface area contributed by atoms with Gasteiger partial charge in [-0.05, 0) is 49.4 Å². The highest BCUT2D eigenvalue weighted by Crippen LogP contribution is 2.19. The first-order valence-corrected chi connectivity index (χ1v) is 10.5. The Balaban J connectivity index is 2.02. The standard InChI is InChI=1S/C19H20F3N3O5S/c1-2-23-17(26)11-30-15-8-6-14(7-9-15)25-18(27)13-4-3-5-16(10-13)31(28,29)24-12-19(20,21)22/h3-10,24H,2,11-12H2,1H3,(H,23,26)(H,25,27). The molecule has 0 fully saturated rings. The van der Waals surface area contributed by atoms with Crippen LogP contribution in [0.3, 0.4) is 0 Å². The lowest BCUT2D eigenvalue weighted by Crippen LogP contribution is -2.33. The third-order valence-corrected chi connectivity index (χ3v) is 5.12. The van der Waals surface area contributed by atoms with Gasteiger partial charge in [0.1, 0.15) is 12.3 Å². The highest BCUT2D eigenvalue weighted by Gasteiger charge is 2.30. The Morgan fingerprint density at radius 1 is 1.06 bits per heavy atom. The number of amides is 2. The van der Waals surface area contributed by atoms with Gasteiger partial charge in [-0.25, -0.2) is 13.1 Å². The lowest BCUT2D eigenvalue weighted by atomic mass is 10.2. The van der Waals surface area contributed by atoms with Crippen LogP contribution in [0.2, 0.25) is 0 Å². The van der Waals surface area contributed by atoms with Gasteiger partial charge in [-0.3, -0.25) is 9.59 Å². The summed E-state index contributed by atoms with van der Waals surface area (Å²) in [6.07, 6.45) is -4.71. The van der Waals surface area contributed by atoms with Crippen molar-refractivity contribution in [2.45, 2.75) is 18.0 Å². The molecular weight excluding hydrogens is 439 g/mol. The minimum absolute atomic E-state index is 0.0635. The first-order valence-electron chi connectivity index (χ1n) is 8.97. The average Bonchev–Trinajstić information content (AvgIpc) is 2.72. The van der Waals surface area contributed by atoms with Gasteiger partial charge < -0.3 is 15.4 Å².